The third-order valence-electron chi connectivity index (χ3n) is 3.00. The third kappa shape index (κ3) is 4.57. The van der Waals surface area contributed by atoms with Crippen LogP contribution < -0.4 is 5.32 Å². The first-order valence-electron chi connectivity index (χ1n) is 6.65. The average molecular weight is 369 g/mol. The number of aryl methyl sites for hydroxylation is 1. The maximum Gasteiger partial charge on any atom is 0.230 e. The van der Waals surface area contributed by atoms with Crippen molar-refractivity contribution in [3.05, 3.63) is 40.6 Å². The molecular formula is C14H17BrN4OS. The van der Waals surface area contributed by atoms with Crippen molar-refractivity contribution in [2.45, 2.75) is 31.6 Å². The van der Waals surface area contributed by atoms with Gasteiger partial charge in [0.1, 0.15) is 6.33 Å². The van der Waals surface area contributed by atoms with E-state index in [-0.39, 0.29) is 11.9 Å². The van der Waals surface area contributed by atoms with Crippen LogP contribution in [-0.2, 0) is 11.3 Å². The summed E-state index contributed by atoms with van der Waals surface area (Å²) in [5, 5.41) is 11.6. The first-order chi connectivity index (χ1) is 10.1. The van der Waals surface area contributed by atoms with Crippen LogP contribution in [0, 0.1) is 0 Å². The van der Waals surface area contributed by atoms with Gasteiger partial charge in [0.15, 0.2) is 5.16 Å². The second kappa shape index (κ2) is 7.61. The molecule has 0 fully saturated rings. The Morgan fingerprint density at radius 2 is 2.14 bits per heavy atom. The molecule has 0 bridgehead atoms. The molecule has 0 aliphatic rings. The van der Waals surface area contributed by atoms with E-state index in [1.165, 1.54) is 11.8 Å². The molecule has 2 rings (SSSR count). The van der Waals surface area contributed by atoms with Gasteiger partial charge in [-0.25, -0.2) is 0 Å². The number of amides is 1. The smallest absolute Gasteiger partial charge is 0.230 e. The largest absolute Gasteiger partial charge is 0.349 e. The van der Waals surface area contributed by atoms with Crippen molar-refractivity contribution in [3.8, 4) is 0 Å². The van der Waals surface area contributed by atoms with Crippen LogP contribution in [0.2, 0.25) is 0 Å². The van der Waals surface area contributed by atoms with E-state index in [1.54, 1.807) is 6.33 Å². The Balaban J connectivity index is 1.85. The van der Waals surface area contributed by atoms with Crippen molar-refractivity contribution in [2.24, 2.45) is 0 Å². The molecule has 1 atom stereocenters. The van der Waals surface area contributed by atoms with Crippen molar-refractivity contribution in [2.75, 3.05) is 5.75 Å². The zero-order chi connectivity index (χ0) is 15.2. The van der Waals surface area contributed by atoms with E-state index in [4.69, 9.17) is 0 Å². The van der Waals surface area contributed by atoms with Crippen LogP contribution in [0.5, 0.6) is 0 Å². The fourth-order valence-corrected chi connectivity index (χ4v) is 2.88. The lowest BCUT2D eigenvalue weighted by atomic mass is 10.1. The van der Waals surface area contributed by atoms with Crippen molar-refractivity contribution in [1.82, 2.24) is 20.1 Å². The van der Waals surface area contributed by atoms with E-state index in [0.717, 1.165) is 21.7 Å². The number of halogens is 1. The summed E-state index contributed by atoms with van der Waals surface area (Å²) in [5.41, 5.74) is 1.08. The lowest BCUT2D eigenvalue weighted by Gasteiger charge is -2.14. The highest BCUT2D eigenvalue weighted by Gasteiger charge is 2.11. The van der Waals surface area contributed by atoms with Gasteiger partial charge in [-0.1, -0.05) is 39.8 Å². The fraction of sp³-hybridized carbons (Fsp3) is 0.357. The van der Waals surface area contributed by atoms with Crippen LogP contribution in [0.25, 0.3) is 0 Å². The Kier molecular flexibility index (Phi) is 5.81. The Bertz CT molecular complexity index is 599. The summed E-state index contributed by atoms with van der Waals surface area (Å²) in [6.07, 6.45) is 1.67. The number of nitrogens with zero attached hydrogens (tertiary/aromatic N) is 3. The molecule has 1 aromatic carbocycles. The molecule has 112 valence electrons. The van der Waals surface area contributed by atoms with Crippen molar-refractivity contribution >= 4 is 33.6 Å². The summed E-state index contributed by atoms with van der Waals surface area (Å²) < 4.78 is 2.94. The number of carbonyl (C=O) groups is 1. The van der Waals surface area contributed by atoms with Gasteiger partial charge >= 0.3 is 0 Å². The van der Waals surface area contributed by atoms with Crippen LogP contribution in [-0.4, -0.2) is 26.4 Å². The Morgan fingerprint density at radius 1 is 1.43 bits per heavy atom. The van der Waals surface area contributed by atoms with Crippen LogP contribution >= 0.6 is 27.7 Å². The SMILES string of the molecule is CCn1cnnc1SCC(=O)N[C@@H](C)c1ccc(Br)cc1. The van der Waals surface area contributed by atoms with Gasteiger partial charge in [0.2, 0.25) is 5.91 Å². The number of hydrogen-bond acceptors (Lipinski definition) is 4. The minimum Gasteiger partial charge on any atom is -0.349 e. The zero-order valence-electron chi connectivity index (χ0n) is 11.9. The normalized spacial score (nSPS) is 12.1. The fourth-order valence-electron chi connectivity index (χ4n) is 1.82. The van der Waals surface area contributed by atoms with Crippen LogP contribution in [0.4, 0.5) is 0 Å². The third-order valence-corrected chi connectivity index (χ3v) is 4.51. The molecule has 0 aliphatic heterocycles. The molecule has 0 unspecified atom stereocenters. The zero-order valence-corrected chi connectivity index (χ0v) is 14.3. The van der Waals surface area contributed by atoms with Crippen LogP contribution in [0.1, 0.15) is 25.5 Å². The number of aromatic nitrogens is 3. The molecule has 7 heteroatoms. The van der Waals surface area contributed by atoms with E-state index >= 15 is 0 Å². The molecule has 2 aromatic rings. The lowest BCUT2D eigenvalue weighted by Crippen LogP contribution is -2.28. The number of benzene rings is 1. The Hall–Kier alpha value is -1.34. The van der Waals surface area contributed by atoms with Crippen molar-refractivity contribution < 1.29 is 4.79 Å². The first-order valence-corrected chi connectivity index (χ1v) is 8.43. The van der Waals surface area contributed by atoms with E-state index in [9.17, 15) is 4.79 Å². The molecule has 0 saturated carbocycles. The van der Waals surface area contributed by atoms with E-state index < -0.39 is 0 Å². The Labute approximate surface area is 136 Å². The first kappa shape index (κ1) is 16.0. The van der Waals surface area contributed by atoms with Gasteiger partial charge in [-0.2, -0.15) is 0 Å². The highest BCUT2D eigenvalue weighted by Crippen LogP contribution is 2.18. The minimum atomic E-state index is -0.0183. The quantitative estimate of drug-likeness (QED) is 0.796. The predicted octanol–water partition coefficient (Wildman–Crippen LogP) is 3.03. The second-order valence-corrected chi connectivity index (χ2v) is 6.39. The van der Waals surface area contributed by atoms with Crippen LogP contribution in [0.15, 0.2) is 40.2 Å². The van der Waals surface area contributed by atoms with Gasteiger partial charge in [-0.3, -0.25) is 4.79 Å². The predicted molar refractivity (Wildman–Crippen MR) is 87.1 cm³/mol. The van der Waals surface area contributed by atoms with E-state index in [0.29, 0.717) is 5.75 Å². The summed E-state index contributed by atoms with van der Waals surface area (Å²) in [6, 6.07) is 7.91. The molecule has 0 aliphatic carbocycles. The van der Waals surface area contributed by atoms with E-state index in [1.807, 2.05) is 42.7 Å². The molecular weight excluding hydrogens is 352 g/mol. The van der Waals surface area contributed by atoms with Crippen molar-refractivity contribution in [1.29, 1.82) is 0 Å². The lowest BCUT2D eigenvalue weighted by molar-refractivity contribution is -0.119. The number of nitrogens with one attached hydrogen (secondary N) is 1. The number of rotatable bonds is 6. The molecule has 5 nitrogen and oxygen atoms in total. The minimum absolute atomic E-state index is 0.0129. The standard InChI is InChI=1S/C14H17BrN4OS/c1-3-19-9-16-18-14(19)21-8-13(20)17-10(2)11-4-6-12(15)7-5-11/h4-7,9-10H,3,8H2,1-2H3,(H,17,20)/t10-/m0/s1. The maximum absolute atomic E-state index is 12.0. The molecule has 1 aromatic heterocycles. The molecule has 21 heavy (non-hydrogen) atoms. The Morgan fingerprint density at radius 3 is 2.81 bits per heavy atom. The van der Waals surface area contributed by atoms with Crippen molar-refractivity contribution in [3.63, 3.8) is 0 Å². The second-order valence-electron chi connectivity index (χ2n) is 4.53. The number of thioether (sulfide) groups is 1. The van der Waals surface area contributed by atoms with Gasteiger partial charge < -0.3 is 9.88 Å². The molecule has 0 spiro atoms. The van der Waals surface area contributed by atoms with Gasteiger partial charge in [0, 0.05) is 11.0 Å². The molecule has 1 N–H and O–H groups in total. The van der Waals surface area contributed by atoms with Crippen LogP contribution in [0.3, 0.4) is 0 Å². The topological polar surface area (TPSA) is 59.8 Å². The molecule has 1 amide bonds. The van der Waals surface area contributed by atoms with Gasteiger partial charge in [0.25, 0.3) is 0 Å². The number of carbonyl (C=O) groups excluding carboxylic acids is 1. The summed E-state index contributed by atoms with van der Waals surface area (Å²) in [4.78, 5) is 12.0. The summed E-state index contributed by atoms with van der Waals surface area (Å²) in [7, 11) is 0. The highest BCUT2D eigenvalue weighted by molar-refractivity contribution is 9.10. The highest BCUT2D eigenvalue weighted by atomic mass is 79.9. The molecule has 0 saturated heterocycles. The van der Waals surface area contributed by atoms with Gasteiger partial charge in [-0.05, 0) is 31.5 Å². The average Bonchev–Trinajstić information content (AvgIpc) is 2.93. The maximum atomic E-state index is 12.0. The number of hydrogen-bond donors (Lipinski definition) is 1. The van der Waals surface area contributed by atoms with E-state index in [2.05, 4.69) is 31.4 Å². The van der Waals surface area contributed by atoms with Gasteiger partial charge in [-0.15, -0.1) is 10.2 Å². The van der Waals surface area contributed by atoms with Gasteiger partial charge in [0.05, 0.1) is 11.8 Å². The summed E-state index contributed by atoms with van der Waals surface area (Å²) in [6.45, 7) is 4.79. The monoisotopic (exact) mass is 368 g/mol. The molecule has 1 heterocycles. The molecule has 0 radical (unpaired) electrons. The summed E-state index contributed by atoms with van der Waals surface area (Å²) in [5.74, 6) is 0.320. The summed E-state index contributed by atoms with van der Waals surface area (Å²) >= 11 is 4.80.